The average molecular weight is 335 g/mol. The van der Waals surface area contributed by atoms with Gasteiger partial charge >= 0.3 is 0 Å². The van der Waals surface area contributed by atoms with Gasteiger partial charge in [-0.2, -0.15) is 0 Å². The summed E-state index contributed by atoms with van der Waals surface area (Å²) in [6.45, 7) is 4.28. The number of hydrogen-bond acceptors (Lipinski definition) is 4. The Balaban J connectivity index is 1.63. The lowest BCUT2D eigenvalue weighted by atomic mass is 10.2. The Morgan fingerprint density at radius 1 is 1.46 bits per heavy atom. The van der Waals surface area contributed by atoms with Crippen LogP contribution in [0.4, 0.5) is 8.78 Å². The van der Waals surface area contributed by atoms with Crippen molar-refractivity contribution in [3.63, 3.8) is 0 Å². The van der Waals surface area contributed by atoms with Crippen LogP contribution in [0, 0.1) is 11.6 Å². The molecule has 5 nitrogen and oxygen atoms in total. The molecule has 128 valence electrons. The zero-order chi connectivity index (χ0) is 17.1. The van der Waals surface area contributed by atoms with Crippen LogP contribution in [0.2, 0.25) is 0 Å². The van der Waals surface area contributed by atoms with E-state index in [2.05, 4.69) is 10.3 Å². The van der Waals surface area contributed by atoms with Crippen LogP contribution in [-0.4, -0.2) is 41.5 Å². The van der Waals surface area contributed by atoms with E-state index >= 15 is 0 Å². The Labute approximate surface area is 138 Å². The molecule has 0 spiro atoms. The first-order valence-corrected chi connectivity index (χ1v) is 7.95. The predicted molar refractivity (Wildman–Crippen MR) is 84.2 cm³/mol. The number of piperazine rings is 1. The minimum Gasteiger partial charge on any atom is -0.441 e. The van der Waals surface area contributed by atoms with Gasteiger partial charge in [0, 0.05) is 44.6 Å². The quantitative estimate of drug-likeness (QED) is 0.932. The van der Waals surface area contributed by atoms with E-state index in [1.807, 2.05) is 11.8 Å². The Hall–Kier alpha value is -2.28. The van der Waals surface area contributed by atoms with E-state index in [4.69, 9.17) is 4.42 Å². The molecule has 1 aromatic heterocycles. The normalized spacial score (nSPS) is 18.0. The van der Waals surface area contributed by atoms with Gasteiger partial charge in [-0.25, -0.2) is 13.8 Å². The number of amides is 1. The third-order valence-corrected chi connectivity index (χ3v) is 4.12. The molecule has 3 rings (SSSR count). The number of nitrogens with one attached hydrogen (secondary N) is 1. The maximum atomic E-state index is 13.8. The van der Waals surface area contributed by atoms with Crippen LogP contribution in [0.3, 0.4) is 0 Å². The second-order valence-electron chi connectivity index (χ2n) is 5.88. The fourth-order valence-corrected chi connectivity index (χ4v) is 2.81. The van der Waals surface area contributed by atoms with E-state index in [1.54, 1.807) is 0 Å². The summed E-state index contributed by atoms with van der Waals surface area (Å²) in [6, 6.07) is 3.44. The van der Waals surface area contributed by atoms with E-state index in [1.165, 1.54) is 12.3 Å². The third kappa shape index (κ3) is 3.62. The summed E-state index contributed by atoms with van der Waals surface area (Å²) in [6.07, 6.45) is 2.03. The molecule has 2 aromatic rings. The molecule has 1 saturated heterocycles. The lowest BCUT2D eigenvalue weighted by Crippen LogP contribution is -2.52. The van der Waals surface area contributed by atoms with Gasteiger partial charge in [0.25, 0.3) is 0 Å². The molecule has 1 aliphatic heterocycles. The van der Waals surface area contributed by atoms with Crippen molar-refractivity contribution in [2.45, 2.75) is 25.8 Å². The molecule has 0 radical (unpaired) electrons. The first-order valence-electron chi connectivity index (χ1n) is 7.95. The predicted octanol–water partition coefficient (Wildman–Crippen LogP) is 2.37. The molecule has 1 aliphatic rings. The van der Waals surface area contributed by atoms with Gasteiger partial charge in [0.2, 0.25) is 5.91 Å². The largest absolute Gasteiger partial charge is 0.441 e. The van der Waals surface area contributed by atoms with Crippen LogP contribution in [0.5, 0.6) is 0 Å². The molecule has 1 fully saturated rings. The van der Waals surface area contributed by atoms with Crippen LogP contribution in [0.15, 0.2) is 28.8 Å². The summed E-state index contributed by atoms with van der Waals surface area (Å²) in [7, 11) is 0. The molecule has 1 amide bonds. The van der Waals surface area contributed by atoms with Crippen LogP contribution in [-0.2, 0) is 11.2 Å². The zero-order valence-corrected chi connectivity index (χ0v) is 13.4. The highest BCUT2D eigenvalue weighted by atomic mass is 19.1. The highest BCUT2D eigenvalue weighted by Gasteiger charge is 2.23. The van der Waals surface area contributed by atoms with Gasteiger partial charge in [0.05, 0.1) is 11.8 Å². The van der Waals surface area contributed by atoms with Crippen LogP contribution < -0.4 is 5.32 Å². The lowest BCUT2D eigenvalue weighted by molar-refractivity contribution is -0.134. The number of nitrogens with zero attached hydrogens (tertiary/aromatic N) is 2. The van der Waals surface area contributed by atoms with Crippen molar-refractivity contribution in [3.8, 4) is 11.3 Å². The molecule has 1 atom stereocenters. The Bertz CT molecular complexity index is 732. The monoisotopic (exact) mass is 335 g/mol. The first-order chi connectivity index (χ1) is 11.5. The van der Waals surface area contributed by atoms with Crippen LogP contribution in [0.25, 0.3) is 11.3 Å². The lowest BCUT2D eigenvalue weighted by Gasteiger charge is -2.34. The standard InChI is InChI=1S/C17H19F2N3O2/c1-11-9-20-6-7-22(11)17(23)5-4-16-21-10-15(24-16)13-3-2-12(18)8-14(13)19/h2-3,8,10-11,20H,4-7,9H2,1H3/t11-/m1/s1. The van der Waals surface area contributed by atoms with E-state index in [0.29, 0.717) is 18.9 Å². The van der Waals surface area contributed by atoms with Crippen molar-refractivity contribution in [1.29, 1.82) is 0 Å². The summed E-state index contributed by atoms with van der Waals surface area (Å²) in [5.41, 5.74) is 0.150. The Morgan fingerprint density at radius 3 is 3.04 bits per heavy atom. The molecule has 24 heavy (non-hydrogen) atoms. The minimum atomic E-state index is -0.705. The maximum Gasteiger partial charge on any atom is 0.223 e. The Kier molecular flexibility index (Phi) is 4.89. The number of aryl methyl sites for hydroxylation is 1. The number of aromatic nitrogens is 1. The zero-order valence-electron chi connectivity index (χ0n) is 13.4. The number of rotatable bonds is 4. The van der Waals surface area contributed by atoms with Crippen molar-refractivity contribution in [2.24, 2.45) is 0 Å². The van der Waals surface area contributed by atoms with E-state index in [-0.39, 0.29) is 29.7 Å². The average Bonchev–Trinajstić information content (AvgIpc) is 3.01. The Morgan fingerprint density at radius 2 is 2.29 bits per heavy atom. The topological polar surface area (TPSA) is 58.4 Å². The highest BCUT2D eigenvalue weighted by Crippen LogP contribution is 2.24. The van der Waals surface area contributed by atoms with E-state index < -0.39 is 11.6 Å². The van der Waals surface area contributed by atoms with Crippen molar-refractivity contribution >= 4 is 5.91 Å². The molecule has 0 saturated carbocycles. The first kappa shape index (κ1) is 16.6. The number of carbonyl (C=O) groups excluding carboxylic acids is 1. The van der Waals surface area contributed by atoms with Gasteiger partial charge < -0.3 is 14.6 Å². The van der Waals surface area contributed by atoms with E-state index in [9.17, 15) is 13.6 Å². The molecule has 1 aromatic carbocycles. The van der Waals surface area contributed by atoms with Crippen molar-refractivity contribution in [3.05, 3.63) is 41.9 Å². The summed E-state index contributed by atoms with van der Waals surface area (Å²) in [5.74, 6) is -0.706. The smallest absolute Gasteiger partial charge is 0.223 e. The summed E-state index contributed by atoms with van der Waals surface area (Å²) >= 11 is 0. The number of oxazole rings is 1. The van der Waals surface area contributed by atoms with Gasteiger partial charge in [-0.05, 0) is 19.1 Å². The number of hydrogen-bond donors (Lipinski definition) is 1. The second-order valence-corrected chi connectivity index (χ2v) is 5.88. The molecule has 1 N–H and O–H groups in total. The summed E-state index contributed by atoms with van der Waals surface area (Å²) < 4.78 is 32.2. The third-order valence-electron chi connectivity index (χ3n) is 4.12. The number of carbonyl (C=O) groups is 1. The van der Waals surface area contributed by atoms with Gasteiger partial charge in [-0.15, -0.1) is 0 Å². The fourth-order valence-electron chi connectivity index (χ4n) is 2.81. The summed E-state index contributed by atoms with van der Waals surface area (Å²) in [5, 5.41) is 3.24. The van der Waals surface area contributed by atoms with Crippen molar-refractivity contribution < 1.29 is 18.0 Å². The maximum absolute atomic E-state index is 13.8. The van der Waals surface area contributed by atoms with Crippen molar-refractivity contribution in [2.75, 3.05) is 19.6 Å². The van der Waals surface area contributed by atoms with Crippen molar-refractivity contribution in [1.82, 2.24) is 15.2 Å². The molecular formula is C17H19F2N3O2. The fraction of sp³-hybridized carbons (Fsp3) is 0.412. The van der Waals surface area contributed by atoms with Crippen LogP contribution in [0.1, 0.15) is 19.2 Å². The second kappa shape index (κ2) is 7.09. The molecule has 2 heterocycles. The minimum absolute atomic E-state index is 0.0525. The van der Waals surface area contributed by atoms with Gasteiger partial charge in [0.15, 0.2) is 11.7 Å². The van der Waals surface area contributed by atoms with Gasteiger partial charge in [-0.3, -0.25) is 4.79 Å². The molecule has 7 heteroatoms. The summed E-state index contributed by atoms with van der Waals surface area (Å²) in [4.78, 5) is 18.2. The molecule has 0 aliphatic carbocycles. The number of halogens is 2. The SMILES string of the molecule is C[C@@H]1CNCCN1C(=O)CCc1ncc(-c2ccc(F)cc2F)o1. The van der Waals surface area contributed by atoms with Crippen LogP contribution >= 0.6 is 0 Å². The highest BCUT2D eigenvalue weighted by molar-refractivity contribution is 5.76. The van der Waals surface area contributed by atoms with Gasteiger partial charge in [-0.1, -0.05) is 0 Å². The van der Waals surface area contributed by atoms with E-state index in [0.717, 1.165) is 25.2 Å². The van der Waals surface area contributed by atoms with Gasteiger partial charge in [0.1, 0.15) is 11.6 Å². The molecular weight excluding hydrogens is 316 g/mol. The molecule has 0 unspecified atom stereocenters. The molecule has 0 bridgehead atoms. The number of benzene rings is 1.